The Morgan fingerprint density at radius 2 is 1.83 bits per heavy atom. The van der Waals surface area contributed by atoms with Gasteiger partial charge in [-0.2, -0.15) is 0 Å². The lowest BCUT2D eigenvalue weighted by Crippen LogP contribution is -2.30. The first-order valence-electron chi connectivity index (χ1n) is 7.11. The summed E-state index contributed by atoms with van der Waals surface area (Å²) in [5.41, 5.74) is 1.10. The molecule has 2 N–H and O–H groups in total. The quantitative estimate of drug-likeness (QED) is 0.881. The van der Waals surface area contributed by atoms with Crippen LogP contribution in [0.4, 0.5) is 18.9 Å². The number of nitrogens with one attached hydrogen (secondary N) is 2. The first-order valence-corrected chi connectivity index (χ1v) is 7.11. The summed E-state index contributed by atoms with van der Waals surface area (Å²) in [7, 11) is 0. The van der Waals surface area contributed by atoms with Crippen molar-refractivity contribution in [2.45, 2.75) is 19.9 Å². The normalized spacial score (nSPS) is 12.0. The number of carbonyl (C=O) groups excluding carboxylic acids is 1. The molecule has 122 valence electrons. The third-order valence-electron chi connectivity index (χ3n) is 3.45. The van der Waals surface area contributed by atoms with Crippen LogP contribution in [0.5, 0.6) is 0 Å². The van der Waals surface area contributed by atoms with E-state index in [1.807, 2.05) is 0 Å². The molecule has 0 fully saturated rings. The van der Waals surface area contributed by atoms with Gasteiger partial charge in [-0.15, -0.1) is 0 Å². The van der Waals surface area contributed by atoms with E-state index in [-0.39, 0.29) is 18.0 Å². The van der Waals surface area contributed by atoms with Gasteiger partial charge in [0.1, 0.15) is 17.5 Å². The Hall–Kier alpha value is -2.34. The van der Waals surface area contributed by atoms with E-state index in [0.29, 0.717) is 11.3 Å². The van der Waals surface area contributed by atoms with Gasteiger partial charge in [-0.3, -0.25) is 4.79 Å². The predicted octanol–water partition coefficient (Wildman–Crippen LogP) is 3.70. The first-order chi connectivity index (χ1) is 10.9. The molecule has 2 aromatic carbocycles. The summed E-state index contributed by atoms with van der Waals surface area (Å²) in [6.07, 6.45) is 0. The molecule has 0 spiro atoms. The zero-order chi connectivity index (χ0) is 17.0. The molecule has 0 aromatic heterocycles. The minimum absolute atomic E-state index is 0.0898. The van der Waals surface area contributed by atoms with Crippen LogP contribution in [0.2, 0.25) is 0 Å². The zero-order valence-electron chi connectivity index (χ0n) is 12.8. The standard InChI is InChI=1S/C17H17F3N2O/c1-10-3-5-13(8-15(10)19)22-17(23)9-21-11(2)14-6-4-12(18)7-16(14)20/h3-8,11,21H,9H2,1-2H3,(H,22,23)/t11-/m1/s1. The topological polar surface area (TPSA) is 41.1 Å². The molecule has 0 aliphatic rings. The van der Waals surface area contributed by atoms with Gasteiger partial charge < -0.3 is 10.6 Å². The van der Waals surface area contributed by atoms with Crippen molar-refractivity contribution in [3.05, 3.63) is 65.0 Å². The summed E-state index contributed by atoms with van der Waals surface area (Å²) in [6, 6.07) is 7.20. The fourth-order valence-corrected chi connectivity index (χ4v) is 2.08. The van der Waals surface area contributed by atoms with Crippen molar-refractivity contribution in [2.75, 3.05) is 11.9 Å². The molecule has 2 rings (SSSR count). The molecule has 2 aromatic rings. The number of rotatable bonds is 5. The number of amides is 1. The Kier molecular flexibility index (Phi) is 5.39. The van der Waals surface area contributed by atoms with Gasteiger partial charge in [-0.1, -0.05) is 12.1 Å². The molecule has 0 unspecified atom stereocenters. The fraction of sp³-hybridized carbons (Fsp3) is 0.235. The molecule has 0 aliphatic carbocycles. The highest BCUT2D eigenvalue weighted by atomic mass is 19.1. The van der Waals surface area contributed by atoms with E-state index in [2.05, 4.69) is 10.6 Å². The molecule has 0 bridgehead atoms. The van der Waals surface area contributed by atoms with E-state index in [1.54, 1.807) is 26.0 Å². The van der Waals surface area contributed by atoms with Gasteiger partial charge in [0.2, 0.25) is 5.91 Å². The molecule has 23 heavy (non-hydrogen) atoms. The van der Waals surface area contributed by atoms with Crippen LogP contribution in [0.15, 0.2) is 36.4 Å². The average Bonchev–Trinajstić information content (AvgIpc) is 2.48. The van der Waals surface area contributed by atoms with Crippen molar-refractivity contribution in [3.8, 4) is 0 Å². The molecule has 6 heteroatoms. The third-order valence-corrected chi connectivity index (χ3v) is 3.45. The molecule has 0 aliphatic heterocycles. The van der Waals surface area contributed by atoms with Gasteiger partial charge in [-0.25, -0.2) is 13.2 Å². The van der Waals surface area contributed by atoms with Crippen LogP contribution in [0.3, 0.4) is 0 Å². The average molecular weight is 322 g/mol. The smallest absolute Gasteiger partial charge is 0.238 e. The van der Waals surface area contributed by atoms with Crippen molar-refractivity contribution >= 4 is 11.6 Å². The van der Waals surface area contributed by atoms with E-state index < -0.39 is 23.5 Å². The Balaban J connectivity index is 1.91. The molecule has 0 radical (unpaired) electrons. The molecule has 0 saturated carbocycles. The van der Waals surface area contributed by atoms with Gasteiger partial charge in [0, 0.05) is 23.4 Å². The van der Waals surface area contributed by atoms with Crippen LogP contribution >= 0.6 is 0 Å². The largest absolute Gasteiger partial charge is 0.325 e. The fourth-order valence-electron chi connectivity index (χ4n) is 2.08. The van der Waals surface area contributed by atoms with Crippen LogP contribution in [0, 0.1) is 24.4 Å². The van der Waals surface area contributed by atoms with Gasteiger partial charge in [0.15, 0.2) is 0 Å². The SMILES string of the molecule is Cc1ccc(NC(=O)CN[C@H](C)c2ccc(F)cc2F)cc1F. The molecule has 1 atom stereocenters. The van der Waals surface area contributed by atoms with Gasteiger partial charge in [0.25, 0.3) is 0 Å². The lowest BCUT2D eigenvalue weighted by Gasteiger charge is -2.15. The van der Waals surface area contributed by atoms with E-state index in [1.165, 1.54) is 12.1 Å². The van der Waals surface area contributed by atoms with Gasteiger partial charge in [-0.05, 0) is 37.6 Å². The van der Waals surface area contributed by atoms with E-state index in [0.717, 1.165) is 12.1 Å². The molecule has 1 amide bonds. The lowest BCUT2D eigenvalue weighted by molar-refractivity contribution is -0.115. The predicted molar refractivity (Wildman–Crippen MR) is 82.5 cm³/mol. The van der Waals surface area contributed by atoms with E-state index in [4.69, 9.17) is 0 Å². The summed E-state index contributed by atoms with van der Waals surface area (Å²) in [4.78, 5) is 11.8. The second-order valence-corrected chi connectivity index (χ2v) is 5.28. The maximum atomic E-state index is 13.6. The van der Waals surface area contributed by atoms with Gasteiger partial charge in [0.05, 0.1) is 6.54 Å². The van der Waals surface area contributed by atoms with Gasteiger partial charge >= 0.3 is 0 Å². The summed E-state index contributed by atoms with van der Waals surface area (Å²) >= 11 is 0. The lowest BCUT2D eigenvalue weighted by atomic mass is 10.1. The second kappa shape index (κ2) is 7.28. The van der Waals surface area contributed by atoms with Crippen molar-refractivity contribution in [2.24, 2.45) is 0 Å². The summed E-state index contributed by atoms with van der Waals surface area (Å²) < 4.78 is 39.9. The number of halogens is 3. The van der Waals surface area contributed by atoms with Crippen molar-refractivity contribution in [3.63, 3.8) is 0 Å². The number of anilines is 1. The number of hydrogen-bond acceptors (Lipinski definition) is 2. The van der Waals surface area contributed by atoms with E-state index in [9.17, 15) is 18.0 Å². The number of aryl methyl sites for hydroxylation is 1. The maximum Gasteiger partial charge on any atom is 0.238 e. The molecule has 3 nitrogen and oxygen atoms in total. The van der Waals surface area contributed by atoms with Crippen LogP contribution in [0.1, 0.15) is 24.1 Å². The highest BCUT2D eigenvalue weighted by Crippen LogP contribution is 2.17. The summed E-state index contributed by atoms with van der Waals surface area (Å²) in [5, 5.41) is 5.38. The molecular weight excluding hydrogens is 305 g/mol. The number of carbonyl (C=O) groups is 1. The summed E-state index contributed by atoms with van der Waals surface area (Å²) in [5.74, 6) is -2.12. The van der Waals surface area contributed by atoms with Crippen molar-refractivity contribution < 1.29 is 18.0 Å². The minimum atomic E-state index is -0.675. The molecular formula is C17H17F3N2O. The van der Waals surface area contributed by atoms with Crippen molar-refractivity contribution in [1.82, 2.24) is 5.32 Å². The maximum absolute atomic E-state index is 13.6. The number of benzene rings is 2. The van der Waals surface area contributed by atoms with Crippen LogP contribution < -0.4 is 10.6 Å². The van der Waals surface area contributed by atoms with E-state index >= 15 is 0 Å². The zero-order valence-corrected chi connectivity index (χ0v) is 12.8. The molecule has 0 saturated heterocycles. The van der Waals surface area contributed by atoms with Crippen LogP contribution in [-0.2, 0) is 4.79 Å². The Morgan fingerprint density at radius 3 is 2.48 bits per heavy atom. The monoisotopic (exact) mass is 322 g/mol. The Bertz CT molecular complexity index is 719. The first kappa shape index (κ1) is 17.0. The minimum Gasteiger partial charge on any atom is -0.325 e. The highest BCUT2D eigenvalue weighted by molar-refractivity contribution is 5.92. The van der Waals surface area contributed by atoms with Crippen LogP contribution in [-0.4, -0.2) is 12.5 Å². The van der Waals surface area contributed by atoms with Crippen molar-refractivity contribution in [1.29, 1.82) is 0 Å². The Morgan fingerprint density at radius 1 is 1.09 bits per heavy atom. The third kappa shape index (κ3) is 4.56. The number of hydrogen-bond donors (Lipinski definition) is 2. The highest BCUT2D eigenvalue weighted by Gasteiger charge is 2.13. The second-order valence-electron chi connectivity index (χ2n) is 5.28. The Labute approximate surface area is 132 Å². The van der Waals surface area contributed by atoms with Crippen LogP contribution in [0.25, 0.3) is 0 Å². The molecule has 0 heterocycles. The summed E-state index contributed by atoms with van der Waals surface area (Å²) in [6.45, 7) is 3.20.